The zero-order valence-corrected chi connectivity index (χ0v) is 7.21. The molecule has 0 amide bonds. The molecule has 0 spiro atoms. The third-order valence-electron chi connectivity index (χ3n) is 0. The molecule has 0 aliphatic rings. The summed E-state index contributed by atoms with van der Waals surface area (Å²) in [7, 11) is 0. The monoisotopic (exact) mass is 358 g/mol. The van der Waals surface area contributed by atoms with Crippen LogP contribution in [0.5, 0.6) is 0 Å². The summed E-state index contributed by atoms with van der Waals surface area (Å²) >= 11 is 0. The Morgan fingerprint density at radius 1 is 0.692 bits per heavy atom. The van der Waals surface area contributed by atoms with Crippen molar-refractivity contribution in [2.45, 2.75) is 0 Å². The SMILES string of the molecule is O=C([O-])O.O=C([O-])O.O=C([O-])O.[Lu+3]. The minimum atomic E-state index is -2.08. The third-order valence-corrected chi connectivity index (χ3v) is 0. The zero-order chi connectivity index (χ0) is 10.7. The molecule has 0 aliphatic carbocycles. The van der Waals surface area contributed by atoms with E-state index in [2.05, 4.69) is 0 Å². The summed E-state index contributed by atoms with van der Waals surface area (Å²) < 4.78 is 0. The van der Waals surface area contributed by atoms with Crippen LogP contribution in [0, 0.1) is 36.9 Å². The molecule has 0 bridgehead atoms. The Hall–Kier alpha value is -0.956. The molecule has 0 aromatic rings. The molecule has 0 unspecified atom stereocenters. The number of carbonyl (C=O) groups is 3. The Kier molecular flexibility index (Phi) is 30.1. The van der Waals surface area contributed by atoms with Crippen molar-refractivity contribution in [1.82, 2.24) is 0 Å². The minimum absolute atomic E-state index is 0. The molecule has 0 rings (SSSR count). The predicted molar refractivity (Wildman–Crippen MR) is 24.1 cm³/mol. The van der Waals surface area contributed by atoms with Crippen molar-refractivity contribution in [3.05, 3.63) is 0 Å². The summed E-state index contributed by atoms with van der Waals surface area (Å²) in [6, 6.07) is 0. The van der Waals surface area contributed by atoms with Crippen LogP contribution in [0.25, 0.3) is 0 Å². The van der Waals surface area contributed by atoms with Crippen LogP contribution in [0.1, 0.15) is 0 Å². The van der Waals surface area contributed by atoms with E-state index >= 15 is 0 Å². The van der Waals surface area contributed by atoms with Gasteiger partial charge in [0.1, 0.15) is 0 Å². The number of hydrogen-bond donors (Lipinski definition) is 3. The summed E-state index contributed by atoms with van der Waals surface area (Å²) in [5.41, 5.74) is 0. The molecule has 0 saturated carbocycles. The molecule has 13 heavy (non-hydrogen) atoms. The first-order chi connectivity index (χ1) is 5.20. The van der Waals surface area contributed by atoms with Gasteiger partial charge in [-0.25, -0.2) is 0 Å². The molecule has 0 fully saturated rings. The molecule has 0 aromatic carbocycles. The third kappa shape index (κ3) is 988. The Morgan fingerprint density at radius 3 is 0.692 bits per heavy atom. The maximum Gasteiger partial charge on any atom is 3.00 e. The van der Waals surface area contributed by atoms with Crippen molar-refractivity contribution >= 4 is 18.5 Å². The van der Waals surface area contributed by atoms with Crippen molar-refractivity contribution in [3.63, 3.8) is 0 Å². The molecular formula is C3H3LuO9. The smallest absolute Gasteiger partial charge is 0.565 e. The summed E-state index contributed by atoms with van der Waals surface area (Å²) in [5, 5.41) is 45.9. The molecule has 0 aromatic heterocycles. The largest absolute Gasteiger partial charge is 3.00 e. The van der Waals surface area contributed by atoms with Crippen molar-refractivity contribution in [1.29, 1.82) is 0 Å². The molecule has 0 radical (unpaired) electrons. The van der Waals surface area contributed by atoms with Gasteiger partial charge in [-0.1, -0.05) is 0 Å². The van der Waals surface area contributed by atoms with Crippen LogP contribution in [0.15, 0.2) is 0 Å². The molecular weight excluding hydrogens is 355 g/mol. The van der Waals surface area contributed by atoms with Gasteiger partial charge in [-0.05, 0) is 0 Å². The molecule has 84 valence electrons. The summed E-state index contributed by atoms with van der Waals surface area (Å²) in [5.74, 6) is 0. The van der Waals surface area contributed by atoms with Crippen LogP contribution in [0.3, 0.4) is 0 Å². The van der Waals surface area contributed by atoms with Gasteiger partial charge in [-0.15, -0.1) is 0 Å². The second kappa shape index (κ2) is 17.2. The molecule has 0 atom stereocenters. The molecule has 9 nitrogen and oxygen atoms in total. The Balaban J connectivity index is -0.0000000450. The average Bonchev–Trinajstić information content (AvgIpc) is 1.54. The Labute approximate surface area is 100 Å². The van der Waals surface area contributed by atoms with Gasteiger partial charge in [0.15, 0.2) is 0 Å². The molecule has 0 heterocycles. The van der Waals surface area contributed by atoms with Gasteiger partial charge in [0.25, 0.3) is 0 Å². The fourth-order valence-corrected chi connectivity index (χ4v) is 0. The van der Waals surface area contributed by atoms with Gasteiger partial charge in [0.2, 0.25) is 18.5 Å². The van der Waals surface area contributed by atoms with E-state index in [-0.39, 0.29) is 36.9 Å². The van der Waals surface area contributed by atoms with Crippen LogP contribution in [0.4, 0.5) is 14.4 Å². The molecule has 3 N–H and O–H groups in total. The van der Waals surface area contributed by atoms with E-state index < -0.39 is 18.5 Å². The summed E-state index contributed by atoms with van der Waals surface area (Å²) in [4.78, 5) is 25.3. The first-order valence-electron chi connectivity index (χ1n) is 1.90. The van der Waals surface area contributed by atoms with Crippen LogP contribution >= 0.6 is 0 Å². The second-order valence-electron chi connectivity index (χ2n) is 0.798. The zero-order valence-electron chi connectivity index (χ0n) is 5.55. The number of carboxylic acid groups (broad SMARTS) is 6. The fourth-order valence-electron chi connectivity index (χ4n) is 0. The standard InChI is InChI=1S/3CH2O3.Lu/c3*2-1(3)4;/h3*(H2,2,3,4);/q;;;+3/p-3. The summed E-state index contributed by atoms with van der Waals surface area (Å²) in [6.45, 7) is 0. The average molecular weight is 358 g/mol. The van der Waals surface area contributed by atoms with Crippen molar-refractivity contribution in [2.24, 2.45) is 0 Å². The van der Waals surface area contributed by atoms with Gasteiger partial charge in [-0.3, -0.25) is 0 Å². The van der Waals surface area contributed by atoms with Crippen LogP contribution < -0.4 is 15.3 Å². The van der Waals surface area contributed by atoms with Gasteiger partial charge in [-0.2, -0.15) is 0 Å². The van der Waals surface area contributed by atoms with Crippen LogP contribution in [-0.4, -0.2) is 33.8 Å². The van der Waals surface area contributed by atoms with E-state index in [0.29, 0.717) is 0 Å². The van der Waals surface area contributed by atoms with Gasteiger partial charge >= 0.3 is 36.9 Å². The van der Waals surface area contributed by atoms with Crippen molar-refractivity contribution < 1.29 is 81.9 Å². The first kappa shape index (κ1) is 22.7. The minimum Gasteiger partial charge on any atom is -0.565 e. The number of hydrogen-bond acceptors (Lipinski definition) is 6. The van der Waals surface area contributed by atoms with Crippen molar-refractivity contribution in [3.8, 4) is 0 Å². The first-order valence-corrected chi connectivity index (χ1v) is 1.90. The predicted octanol–water partition coefficient (Wildman–Crippen LogP) is -3.34. The van der Waals surface area contributed by atoms with Crippen molar-refractivity contribution in [2.75, 3.05) is 0 Å². The molecule has 0 saturated heterocycles. The Morgan fingerprint density at radius 2 is 0.692 bits per heavy atom. The second-order valence-corrected chi connectivity index (χ2v) is 0.798. The van der Waals surface area contributed by atoms with E-state index in [4.69, 9.17) is 45.0 Å². The van der Waals surface area contributed by atoms with Gasteiger partial charge in [0, 0.05) is 0 Å². The quantitative estimate of drug-likeness (QED) is 0.399. The van der Waals surface area contributed by atoms with E-state index in [1.165, 1.54) is 0 Å². The van der Waals surface area contributed by atoms with Crippen LogP contribution in [-0.2, 0) is 0 Å². The van der Waals surface area contributed by atoms with E-state index in [9.17, 15) is 0 Å². The van der Waals surface area contributed by atoms with E-state index in [0.717, 1.165) is 0 Å². The maximum absolute atomic E-state index is 8.44. The number of rotatable bonds is 0. The van der Waals surface area contributed by atoms with Crippen LogP contribution in [0.2, 0.25) is 0 Å². The summed E-state index contributed by atoms with van der Waals surface area (Å²) in [6.07, 6.45) is -6.25. The maximum atomic E-state index is 8.44. The fraction of sp³-hybridized carbons (Fsp3) is 0. The molecule has 10 heteroatoms. The topological polar surface area (TPSA) is 181 Å². The Bertz CT molecular complexity index is 112. The molecule has 0 aliphatic heterocycles. The van der Waals surface area contributed by atoms with E-state index in [1.807, 2.05) is 0 Å². The normalized spacial score (nSPS) is 5.54. The van der Waals surface area contributed by atoms with E-state index in [1.54, 1.807) is 0 Å². The van der Waals surface area contributed by atoms with Gasteiger partial charge in [0.05, 0.1) is 0 Å². The van der Waals surface area contributed by atoms with Gasteiger partial charge < -0.3 is 45.0 Å².